The zero-order valence-corrected chi connectivity index (χ0v) is 15.6. The van der Waals surface area contributed by atoms with E-state index >= 15 is 0 Å². The second kappa shape index (κ2) is 6.53. The molecule has 5 rings (SSSR count). The van der Waals surface area contributed by atoms with E-state index in [-0.39, 0.29) is 16.8 Å². The minimum atomic E-state index is 0.0916. The molecular formula is C21H19N3O2S. The third-order valence-corrected chi connectivity index (χ3v) is 6.80. The minimum Gasteiger partial charge on any atom is -0.473 e. The number of pyridine rings is 2. The lowest BCUT2D eigenvalue weighted by atomic mass is 9.92. The Balaban J connectivity index is 1.26. The highest BCUT2D eigenvalue weighted by molar-refractivity contribution is 8.01. The zero-order chi connectivity index (χ0) is 18.3. The normalized spacial score (nSPS) is 20.6. The van der Waals surface area contributed by atoms with Gasteiger partial charge in [-0.25, -0.2) is 4.98 Å². The molecule has 0 aliphatic carbocycles. The first kappa shape index (κ1) is 16.6. The Bertz CT molecular complexity index is 984. The zero-order valence-electron chi connectivity index (χ0n) is 14.7. The average Bonchev–Trinajstić information content (AvgIpc) is 3.11. The van der Waals surface area contributed by atoms with Crippen LogP contribution >= 0.6 is 11.8 Å². The van der Waals surface area contributed by atoms with Gasteiger partial charge < -0.3 is 9.64 Å². The van der Waals surface area contributed by atoms with Crippen LogP contribution in [0, 0.1) is 0 Å². The molecule has 2 aliphatic heterocycles. The highest BCUT2D eigenvalue weighted by atomic mass is 32.2. The minimum absolute atomic E-state index is 0.0916. The number of ether oxygens (including phenoxy) is 1. The van der Waals surface area contributed by atoms with E-state index in [2.05, 4.69) is 9.97 Å². The lowest BCUT2D eigenvalue weighted by molar-refractivity contribution is 0.0518. The third-order valence-electron chi connectivity index (χ3n) is 5.22. The quantitative estimate of drug-likeness (QED) is 0.700. The predicted molar refractivity (Wildman–Crippen MR) is 106 cm³/mol. The Morgan fingerprint density at radius 3 is 2.78 bits per heavy atom. The second-order valence-electron chi connectivity index (χ2n) is 7.14. The van der Waals surface area contributed by atoms with Crippen molar-refractivity contribution in [2.45, 2.75) is 17.3 Å². The van der Waals surface area contributed by atoms with Crippen LogP contribution in [0.1, 0.15) is 16.8 Å². The van der Waals surface area contributed by atoms with Gasteiger partial charge in [0.05, 0.1) is 15.8 Å². The van der Waals surface area contributed by atoms with Gasteiger partial charge in [-0.2, -0.15) is 0 Å². The van der Waals surface area contributed by atoms with Crippen LogP contribution in [0.25, 0.3) is 10.9 Å². The summed E-state index contributed by atoms with van der Waals surface area (Å²) in [6, 6.07) is 15.3. The van der Waals surface area contributed by atoms with Gasteiger partial charge in [-0.3, -0.25) is 9.78 Å². The maximum absolute atomic E-state index is 13.0. The summed E-state index contributed by atoms with van der Waals surface area (Å²) in [6.45, 7) is 1.55. The van der Waals surface area contributed by atoms with Gasteiger partial charge in [0, 0.05) is 49.1 Å². The summed E-state index contributed by atoms with van der Waals surface area (Å²) in [7, 11) is 0. The van der Waals surface area contributed by atoms with Crippen LogP contribution < -0.4 is 4.74 Å². The van der Waals surface area contributed by atoms with Gasteiger partial charge in [0.1, 0.15) is 6.10 Å². The number of aromatic nitrogens is 2. The molecule has 0 N–H and O–H groups in total. The molecule has 0 radical (unpaired) electrons. The molecule has 5 nitrogen and oxygen atoms in total. The average molecular weight is 377 g/mol. The number of nitrogens with zero attached hydrogens (tertiary/aromatic N) is 3. The van der Waals surface area contributed by atoms with E-state index in [0.29, 0.717) is 5.88 Å². The Kier molecular flexibility index (Phi) is 4.01. The molecule has 0 unspecified atom stereocenters. The maximum Gasteiger partial charge on any atom is 0.254 e. The van der Waals surface area contributed by atoms with Crippen molar-refractivity contribution in [3.63, 3.8) is 0 Å². The number of likely N-dealkylation sites (tertiary alicyclic amines) is 1. The lowest BCUT2D eigenvalue weighted by Crippen LogP contribution is -2.60. The van der Waals surface area contributed by atoms with Gasteiger partial charge in [0.2, 0.25) is 5.88 Å². The van der Waals surface area contributed by atoms with Gasteiger partial charge >= 0.3 is 0 Å². The van der Waals surface area contributed by atoms with E-state index in [1.165, 1.54) is 0 Å². The van der Waals surface area contributed by atoms with Crippen LogP contribution in [0.4, 0.5) is 0 Å². The summed E-state index contributed by atoms with van der Waals surface area (Å²) in [5.41, 5.74) is 1.59. The number of thioether (sulfide) groups is 1. The van der Waals surface area contributed by atoms with E-state index in [1.807, 2.05) is 65.2 Å². The lowest BCUT2D eigenvalue weighted by Gasteiger charge is -2.47. The van der Waals surface area contributed by atoms with Gasteiger partial charge in [-0.05, 0) is 18.2 Å². The molecule has 1 spiro atoms. The fourth-order valence-electron chi connectivity index (χ4n) is 3.93. The summed E-state index contributed by atoms with van der Waals surface area (Å²) in [5.74, 6) is 1.71. The number of rotatable bonds is 3. The summed E-state index contributed by atoms with van der Waals surface area (Å²) in [5, 5.41) is 0.918. The van der Waals surface area contributed by atoms with E-state index in [0.717, 1.165) is 41.7 Å². The number of carbonyl (C=O) groups excluding carboxylic acids is 1. The highest BCUT2D eigenvalue weighted by Crippen LogP contribution is 2.46. The fraction of sp³-hybridized carbons (Fsp3) is 0.286. The third kappa shape index (κ3) is 3.04. The van der Waals surface area contributed by atoms with Crippen molar-refractivity contribution in [3.8, 4) is 5.88 Å². The maximum atomic E-state index is 13.0. The molecule has 0 bridgehead atoms. The van der Waals surface area contributed by atoms with E-state index in [1.54, 1.807) is 12.4 Å². The van der Waals surface area contributed by atoms with Crippen LogP contribution in [-0.4, -0.2) is 50.5 Å². The number of fused-ring (bicyclic) bond motifs is 1. The monoisotopic (exact) mass is 377 g/mol. The smallest absolute Gasteiger partial charge is 0.254 e. The van der Waals surface area contributed by atoms with Crippen molar-refractivity contribution in [1.29, 1.82) is 0 Å². The number of para-hydroxylation sites is 1. The Hall–Kier alpha value is -2.60. The van der Waals surface area contributed by atoms with Crippen LogP contribution in [0.5, 0.6) is 5.88 Å². The number of amides is 1. The number of hydrogen-bond acceptors (Lipinski definition) is 5. The Morgan fingerprint density at radius 2 is 1.93 bits per heavy atom. The van der Waals surface area contributed by atoms with Crippen molar-refractivity contribution >= 4 is 28.6 Å². The summed E-state index contributed by atoms with van der Waals surface area (Å²) >= 11 is 1.92. The molecular weight excluding hydrogens is 358 g/mol. The molecule has 2 aliphatic rings. The predicted octanol–water partition coefficient (Wildman–Crippen LogP) is 3.41. The first-order chi connectivity index (χ1) is 13.2. The fourth-order valence-corrected chi connectivity index (χ4v) is 5.46. The van der Waals surface area contributed by atoms with Gasteiger partial charge in [-0.15, -0.1) is 11.8 Å². The standard InChI is InChI=1S/C21H19N3O2S/c25-20(17-8-10-22-18-6-2-1-5-16(17)18)24-13-21(14-24)11-15(12-27-21)26-19-7-3-4-9-23-19/h1-10,15H,11-14H2/t15-/m1/s1. The Morgan fingerprint density at radius 1 is 1.07 bits per heavy atom. The molecule has 1 aromatic carbocycles. The molecule has 3 aromatic rings. The molecule has 2 fully saturated rings. The molecule has 1 atom stereocenters. The first-order valence-electron chi connectivity index (χ1n) is 9.07. The van der Waals surface area contributed by atoms with E-state index < -0.39 is 0 Å². The number of carbonyl (C=O) groups is 1. The highest BCUT2D eigenvalue weighted by Gasteiger charge is 2.51. The van der Waals surface area contributed by atoms with Crippen molar-refractivity contribution in [1.82, 2.24) is 14.9 Å². The molecule has 136 valence electrons. The Labute approximate surface area is 161 Å². The number of benzene rings is 1. The molecule has 1 amide bonds. The van der Waals surface area contributed by atoms with E-state index in [9.17, 15) is 4.79 Å². The molecule has 6 heteroatoms. The molecule has 27 heavy (non-hydrogen) atoms. The first-order valence-corrected chi connectivity index (χ1v) is 10.1. The van der Waals surface area contributed by atoms with Crippen molar-refractivity contribution < 1.29 is 9.53 Å². The van der Waals surface area contributed by atoms with Crippen molar-refractivity contribution in [3.05, 3.63) is 66.5 Å². The van der Waals surface area contributed by atoms with Crippen LogP contribution in [0.15, 0.2) is 60.9 Å². The number of hydrogen-bond donors (Lipinski definition) is 0. The second-order valence-corrected chi connectivity index (χ2v) is 8.63. The molecule has 4 heterocycles. The summed E-state index contributed by atoms with van der Waals surface area (Å²) in [4.78, 5) is 23.5. The summed E-state index contributed by atoms with van der Waals surface area (Å²) < 4.78 is 6.12. The SMILES string of the molecule is O=C(c1ccnc2ccccc12)N1CC2(C[C@@H](Oc3ccccn3)CS2)C1. The van der Waals surface area contributed by atoms with Crippen LogP contribution in [0.2, 0.25) is 0 Å². The van der Waals surface area contributed by atoms with Gasteiger partial charge in [0.25, 0.3) is 5.91 Å². The van der Waals surface area contributed by atoms with E-state index in [4.69, 9.17) is 4.74 Å². The van der Waals surface area contributed by atoms with Crippen LogP contribution in [0.3, 0.4) is 0 Å². The van der Waals surface area contributed by atoms with Crippen LogP contribution in [-0.2, 0) is 0 Å². The van der Waals surface area contributed by atoms with Gasteiger partial charge in [-0.1, -0.05) is 24.3 Å². The molecule has 2 saturated heterocycles. The van der Waals surface area contributed by atoms with Crippen molar-refractivity contribution in [2.24, 2.45) is 0 Å². The topological polar surface area (TPSA) is 55.3 Å². The largest absolute Gasteiger partial charge is 0.473 e. The summed E-state index contributed by atoms with van der Waals surface area (Å²) in [6.07, 6.45) is 4.57. The van der Waals surface area contributed by atoms with Crippen molar-refractivity contribution in [2.75, 3.05) is 18.8 Å². The molecule has 2 aromatic heterocycles. The van der Waals surface area contributed by atoms with Gasteiger partial charge in [0.15, 0.2) is 0 Å². The molecule has 0 saturated carbocycles.